The lowest BCUT2D eigenvalue weighted by atomic mass is 10.1. The van der Waals surface area contributed by atoms with Gasteiger partial charge < -0.3 is 10.1 Å². The van der Waals surface area contributed by atoms with Crippen LogP contribution in [0.4, 0.5) is 10.1 Å². The summed E-state index contributed by atoms with van der Waals surface area (Å²) < 4.78 is 18.4. The van der Waals surface area contributed by atoms with Gasteiger partial charge in [0.1, 0.15) is 5.82 Å². The number of thioether (sulfide) groups is 1. The van der Waals surface area contributed by atoms with Crippen LogP contribution in [0.25, 0.3) is 10.8 Å². The molecule has 0 aromatic heterocycles. The van der Waals surface area contributed by atoms with Gasteiger partial charge in [-0.3, -0.25) is 9.59 Å². The third-order valence-corrected chi connectivity index (χ3v) is 4.63. The summed E-state index contributed by atoms with van der Waals surface area (Å²) >= 11 is 1.03. The Bertz CT molecular complexity index is 940. The molecule has 0 fully saturated rings. The zero-order valence-electron chi connectivity index (χ0n) is 13.8. The van der Waals surface area contributed by atoms with Gasteiger partial charge in [-0.25, -0.2) is 4.39 Å². The molecule has 3 aromatic rings. The van der Waals surface area contributed by atoms with E-state index in [-0.39, 0.29) is 18.2 Å². The Hall–Kier alpha value is -2.86. The molecule has 0 unspecified atom stereocenters. The lowest BCUT2D eigenvalue weighted by molar-refractivity contribution is -0.144. The normalized spacial score (nSPS) is 10.5. The zero-order valence-corrected chi connectivity index (χ0v) is 14.6. The number of ether oxygens (including phenoxy) is 1. The number of carbonyl (C=O) groups excluding carboxylic acids is 2. The van der Waals surface area contributed by atoms with E-state index in [1.807, 2.05) is 36.4 Å². The highest BCUT2D eigenvalue weighted by atomic mass is 32.2. The molecule has 0 aliphatic rings. The summed E-state index contributed by atoms with van der Waals surface area (Å²) in [6.07, 6.45) is 0. The molecule has 6 heteroatoms. The van der Waals surface area contributed by atoms with Gasteiger partial charge in [0.05, 0.1) is 5.75 Å². The fourth-order valence-corrected chi connectivity index (χ4v) is 3.14. The van der Waals surface area contributed by atoms with Crippen molar-refractivity contribution in [3.05, 3.63) is 72.5 Å². The number of fused-ring (bicyclic) bond motifs is 1. The van der Waals surface area contributed by atoms with Gasteiger partial charge in [-0.05, 0) is 23.6 Å². The van der Waals surface area contributed by atoms with E-state index >= 15 is 0 Å². The van der Waals surface area contributed by atoms with Crippen molar-refractivity contribution in [1.29, 1.82) is 0 Å². The second-order valence-electron chi connectivity index (χ2n) is 5.45. The van der Waals surface area contributed by atoms with Crippen molar-refractivity contribution in [2.24, 2.45) is 0 Å². The summed E-state index contributed by atoms with van der Waals surface area (Å²) in [5, 5.41) is 4.65. The third-order valence-electron chi connectivity index (χ3n) is 3.61. The van der Waals surface area contributed by atoms with Gasteiger partial charge in [0.15, 0.2) is 6.61 Å². The van der Waals surface area contributed by atoms with Crippen LogP contribution in [0, 0.1) is 5.82 Å². The Balaban J connectivity index is 1.50. The summed E-state index contributed by atoms with van der Waals surface area (Å²) in [5.74, 6) is -1.46. The summed E-state index contributed by atoms with van der Waals surface area (Å²) in [6, 6.07) is 19.4. The summed E-state index contributed by atoms with van der Waals surface area (Å²) in [5.41, 5.74) is 0.657. The molecular formula is C20H16FNO3S. The molecule has 0 aliphatic heterocycles. The smallest absolute Gasteiger partial charge is 0.316 e. The first-order valence-electron chi connectivity index (χ1n) is 7.94. The molecule has 0 aliphatic carbocycles. The van der Waals surface area contributed by atoms with Crippen molar-refractivity contribution in [3.8, 4) is 0 Å². The molecule has 132 valence electrons. The summed E-state index contributed by atoms with van der Waals surface area (Å²) in [6.45, 7) is -0.389. The van der Waals surface area contributed by atoms with Crippen LogP contribution in [-0.4, -0.2) is 24.2 Å². The van der Waals surface area contributed by atoms with Crippen molar-refractivity contribution in [3.63, 3.8) is 0 Å². The second-order valence-corrected chi connectivity index (χ2v) is 6.47. The second kappa shape index (κ2) is 8.49. The van der Waals surface area contributed by atoms with Crippen LogP contribution >= 0.6 is 11.8 Å². The van der Waals surface area contributed by atoms with Crippen LogP contribution in [0.15, 0.2) is 71.6 Å². The summed E-state index contributed by atoms with van der Waals surface area (Å²) in [4.78, 5) is 24.2. The van der Waals surface area contributed by atoms with Crippen LogP contribution in [0.3, 0.4) is 0 Å². The van der Waals surface area contributed by atoms with Crippen molar-refractivity contribution in [2.45, 2.75) is 4.90 Å². The third kappa shape index (κ3) is 4.61. The molecule has 3 aromatic carbocycles. The molecule has 26 heavy (non-hydrogen) atoms. The number of nitrogens with one attached hydrogen (secondary N) is 1. The van der Waals surface area contributed by atoms with Gasteiger partial charge in [-0.1, -0.05) is 48.5 Å². The van der Waals surface area contributed by atoms with Gasteiger partial charge in [0.25, 0.3) is 5.91 Å². The molecule has 1 N–H and O–H groups in total. The van der Waals surface area contributed by atoms with Crippen molar-refractivity contribution in [1.82, 2.24) is 0 Å². The summed E-state index contributed by atoms with van der Waals surface area (Å²) in [7, 11) is 0. The van der Waals surface area contributed by atoms with E-state index in [1.54, 1.807) is 24.3 Å². The highest BCUT2D eigenvalue weighted by molar-refractivity contribution is 8.00. The number of hydrogen-bond acceptors (Lipinski definition) is 4. The van der Waals surface area contributed by atoms with Gasteiger partial charge in [-0.15, -0.1) is 11.8 Å². The first-order valence-corrected chi connectivity index (χ1v) is 8.92. The minimum atomic E-state index is -0.577. The molecule has 1 amide bonds. The standard InChI is InChI=1S/C20H16FNO3S/c21-16-9-3-4-11-18(16)26-13-20(24)25-12-19(23)22-17-10-5-7-14-6-1-2-8-15(14)17/h1-11H,12-13H2,(H,22,23). The highest BCUT2D eigenvalue weighted by Crippen LogP contribution is 2.23. The molecule has 0 radical (unpaired) electrons. The number of anilines is 1. The first-order chi connectivity index (χ1) is 12.6. The molecule has 0 bridgehead atoms. The minimum absolute atomic E-state index is 0.0670. The van der Waals surface area contributed by atoms with Crippen LogP contribution < -0.4 is 5.32 Å². The average molecular weight is 369 g/mol. The van der Waals surface area contributed by atoms with Crippen molar-refractivity contribution < 1.29 is 18.7 Å². The molecule has 0 spiro atoms. The Morgan fingerprint density at radius 3 is 2.54 bits per heavy atom. The van der Waals surface area contributed by atoms with E-state index in [0.717, 1.165) is 22.5 Å². The van der Waals surface area contributed by atoms with Crippen molar-refractivity contribution in [2.75, 3.05) is 17.7 Å². The fourth-order valence-electron chi connectivity index (χ4n) is 2.41. The van der Waals surface area contributed by atoms with Crippen molar-refractivity contribution >= 4 is 40.1 Å². The van der Waals surface area contributed by atoms with E-state index in [9.17, 15) is 14.0 Å². The van der Waals surface area contributed by atoms with Gasteiger partial charge in [-0.2, -0.15) is 0 Å². The Morgan fingerprint density at radius 1 is 0.962 bits per heavy atom. The molecule has 0 saturated heterocycles. The predicted molar refractivity (Wildman–Crippen MR) is 101 cm³/mol. The van der Waals surface area contributed by atoms with Gasteiger partial charge in [0.2, 0.25) is 0 Å². The number of amides is 1. The molecule has 4 nitrogen and oxygen atoms in total. The van der Waals surface area contributed by atoms with Crippen LogP contribution in [0.2, 0.25) is 0 Å². The predicted octanol–water partition coefficient (Wildman–Crippen LogP) is 4.25. The average Bonchev–Trinajstić information content (AvgIpc) is 2.66. The number of halogens is 1. The van der Waals surface area contributed by atoms with Gasteiger partial charge >= 0.3 is 5.97 Å². The quantitative estimate of drug-likeness (QED) is 0.521. The zero-order chi connectivity index (χ0) is 18.4. The lowest BCUT2D eigenvalue weighted by Crippen LogP contribution is -2.21. The molecule has 0 saturated carbocycles. The monoisotopic (exact) mass is 369 g/mol. The fraction of sp³-hybridized carbons (Fsp3) is 0.100. The maximum atomic E-state index is 13.5. The maximum absolute atomic E-state index is 13.5. The number of hydrogen-bond donors (Lipinski definition) is 1. The van der Waals surface area contributed by atoms with Crippen LogP contribution in [0.1, 0.15) is 0 Å². The number of rotatable bonds is 6. The Labute approximate surface area is 154 Å². The van der Waals surface area contributed by atoms with E-state index in [1.165, 1.54) is 6.07 Å². The minimum Gasteiger partial charge on any atom is -0.455 e. The van der Waals surface area contributed by atoms with E-state index < -0.39 is 11.9 Å². The van der Waals surface area contributed by atoms with E-state index in [4.69, 9.17) is 4.74 Å². The topological polar surface area (TPSA) is 55.4 Å². The molecule has 0 atom stereocenters. The van der Waals surface area contributed by atoms with E-state index in [0.29, 0.717) is 10.6 Å². The molecule has 3 rings (SSSR count). The Kier molecular flexibility index (Phi) is 5.86. The first kappa shape index (κ1) is 17.9. The SMILES string of the molecule is O=C(COC(=O)CSc1ccccc1F)Nc1cccc2ccccc12. The number of esters is 1. The highest BCUT2D eigenvalue weighted by Gasteiger charge is 2.11. The molecule has 0 heterocycles. The van der Waals surface area contributed by atoms with Crippen LogP contribution in [-0.2, 0) is 14.3 Å². The number of carbonyl (C=O) groups is 2. The maximum Gasteiger partial charge on any atom is 0.316 e. The van der Waals surface area contributed by atoms with Gasteiger partial charge in [0, 0.05) is 16.0 Å². The largest absolute Gasteiger partial charge is 0.455 e. The number of benzene rings is 3. The van der Waals surface area contributed by atoms with E-state index in [2.05, 4.69) is 5.32 Å². The Morgan fingerprint density at radius 2 is 1.69 bits per heavy atom. The molecular weight excluding hydrogens is 353 g/mol. The van der Waals surface area contributed by atoms with Crippen LogP contribution in [0.5, 0.6) is 0 Å². The lowest BCUT2D eigenvalue weighted by Gasteiger charge is -2.09.